The molecular weight excluding hydrogens is 300 g/mol. The topological polar surface area (TPSA) is 41.6 Å². The summed E-state index contributed by atoms with van der Waals surface area (Å²) < 4.78 is 5.94. The third kappa shape index (κ3) is 3.49. The van der Waals surface area contributed by atoms with Gasteiger partial charge in [0.2, 0.25) is 5.76 Å². The molecule has 0 saturated carbocycles. The fourth-order valence-corrected chi connectivity index (χ4v) is 2.54. The van der Waals surface area contributed by atoms with Gasteiger partial charge in [-0.2, -0.15) is 0 Å². The molecule has 0 fully saturated rings. The lowest BCUT2D eigenvalue weighted by Gasteiger charge is -2.22. The Hall–Kier alpha value is -3.01. The van der Waals surface area contributed by atoms with Crippen molar-refractivity contribution < 1.29 is 9.53 Å². The van der Waals surface area contributed by atoms with Crippen LogP contribution in [-0.2, 0) is 4.79 Å². The molecule has 4 nitrogen and oxygen atoms in total. The minimum atomic E-state index is -0.161. The van der Waals surface area contributed by atoms with Crippen LogP contribution in [0.25, 0.3) is 0 Å². The number of benzene rings is 2. The van der Waals surface area contributed by atoms with Crippen LogP contribution >= 0.6 is 0 Å². The fraction of sp³-hybridized carbons (Fsp3) is 0.150. The molecule has 0 atom stereocenters. The molecule has 0 aliphatic carbocycles. The van der Waals surface area contributed by atoms with E-state index in [1.807, 2.05) is 79.7 Å². The van der Waals surface area contributed by atoms with Gasteiger partial charge in [-0.15, -0.1) is 0 Å². The second-order valence-corrected chi connectivity index (χ2v) is 5.34. The number of amides is 1. The van der Waals surface area contributed by atoms with Crippen LogP contribution in [0.1, 0.15) is 6.92 Å². The van der Waals surface area contributed by atoms with E-state index in [4.69, 9.17) is 4.74 Å². The number of carbonyl (C=O) groups excluding carboxylic acids is 1. The molecule has 2 aromatic carbocycles. The lowest BCUT2D eigenvalue weighted by molar-refractivity contribution is -0.117. The molecule has 1 amide bonds. The van der Waals surface area contributed by atoms with Gasteiger partial charge in [0.15, 0.2) is 0 Å². The van der Waals surface area contributed by atoms with Gasteiger partial charge in [-0.1, -0.05) is 42.5 Å². The first-order chi connectivity index (χ1) is 11.8. The van der Waals surface area contributed by atoms with Crippen molar-refractivity contribution >= 4 is 11.6 Å². The average molecular weight is 320 g/mol. The Morgan fingerprint density at radius 3 is 2.38 bits per heavy atom. The number of likely N-dealkylation sites (N-methyl/N-ethyl adjacent to an activating group) is 1. The second kappa shape index (κ2) is 7.51. The van der Waals surface area contributed by atoms with Crippen molar-refractivity contribution in [3.8, 4) is 5.75 Å². The fourth-order valence-electron chi connectivity index (χ4n) is 2.54. The Bertz CT molecular complexity index is 752. The highest BCUT2D eigenvalue weighted by molar-refractivity contribution is 6.05. The largest absolute Gasteiger partial charge is 0.449 e. The zero-order valence-electron chi connectivity index (χ0n) is 13.6. The molecule has 1 N–H and O–H groups in total. The highest BCUT2D eigenvalue weighted by atomic mass is 16.5. The van der Waals surface area contributed by atoms with Gasteiger partial charge in [-0.3, -0.25) is 4.79 Å². The molecule has 1 aliphatic heterocycles. The van der Waals surface area contributed by atoms with Crippen molar-refractivity contribution in [2.45, 2.75) is 6.92 Å². The predicted molar refractivity (Wildman–Crippen MR) is 95.7 cm³/mol. The third-order valence-corrected chi connectivity index (χ3v) is 3.65. The van der Waals surface area contributed by atoms with E-state index in [9.17, 15) is 4.79 Å². The maximum absolute atomic E-state index is 13.1. The molecule has 2 aromatic rings. The standard InChI is InChI=1S/C20H20N2O2/c1-2-21-18-14-9-15-22(16-10-5-3-6-11-16)20(23)19(18)24-17-12-7-4-8-13-17/h3-14,21H,2,15H2,1H3. The van der Waals surface area contributed by atoms with Crippen LogP contribution in [0.3, 0.4) is 0 Å². The zero-order valence-corrected chi connectivity index (χ0v) is 13.6. The van der Waals surface area contributed by atoms with Gasteiger partial charge < -0.3 is 15.0 Å². The molecule has 0 saturated heterocycles. The summed E-state index contributed by atoms with van der Waals surface area (Å²) >= 11 is 0. The summed E-state index contributed by atoms with van der Waals surface area (Å²) in [5, 5.41) is 3.22. The number of hydrogen-bond acceptors (Lipinski definition) is 3. The number of hydrogen-bond donors (Lipinski definition) is 1. The van der Waals surface area contributed by atoms with Crippen molar-refractivity contribution in [3.05, 3.63) is 84.3 Å². The molecule has 0 bridgehead atoms. The molecule has 0 aromatic heterocycles. The molecule has 0 radical (unpaired) electrons. The van der Waals surface area contributed by atoms with Crippen molar-refractivity contribution in [3.63, 3.8) is 0 Å². The molecule has 0 unspecified atom stereocenters. The Balaban J connectivity index is 1.98. The molecule has 1 heterocycles. The molecule has 3 rings (SSSR count). The molecule has 122 valence electrons. The van der Waals surface area contributed by atoms with Crippen LogP contribution in [-0.4, -0.2) is 19.0 Å². The summed E-state index contributed by atoms with van der Waals surface area (Å²) in [5.41, 5.74) is 1.55. The van der Waals surface area contributed by atoms with Gasteiger partial charge in [-0.05, 0) is 37.3 Å². The van der Waals surface area contributed by atoms with Crippen molar-refractivity contribution in [2.24, 2.45) is 0 Å². The lowest BCUT2D eigenvalue weighted by Crippen LogP contribution is -2.34. The zero-order chi connectivity index (χ0) is 16.8. The smallest absolute Gasteiger partial charge is 0.296 e. The van der Waals surface area contributed by atoms with E-state index in [2.05, 4.69) is 5.32 Å². The number of allylic oxidation sites excluding steroid dienone is 1. The first-order valence-electron chi connectivity index (χ1n) is 8.04. The predicted octanol–water partition coefficient (Wildman–Crippen LogP) is 3.49. The third-order valence-electron chi connectivity index (χ3n) is 3.65. The SMILES string of the molecule is CCNC1=C(Oc2ccccc2)C(=O)N(c2ccccc2)CC=C1. The summed E-state index contributed by atoms with van der Waals surface area (Å²) in [7, 11) is 0. The Morgan fingerprint density at radius 1 is 1.04 bits per heavy atom. The Labute approximate surface area is 142 Å². The second-order valence-electron chi connectivity index (χ2n) is 5.34. The lowest BCUT2D eigenvalue weighted by atomic mass is 10.2. The van der Waals surface area contributed by atoms with Gasteiger partial charge in [0.05, 0.1) is 5.70 Å². The van der Waals surface area contributed by atoms with Gasteiger partial charge >= 0.3 is 0 Å². The van der Waals surface area contributed by atoms with Gasteiger partial charge in [0.1, 0.15) is 5.75 Å². The minimum absolute atomic E-state index is 0.161. The minimum Gasteiger partial charge on any atom is -0.449 e. The number of para-hydroxylation sites is 2. The Morgan fingerprint density at radius 2 is 1.71 bits per heavy atom. The number of ether oxygens (including phenoxy) is 1. The van der Waals surface area contributed by atoms with Crippen molar-refractivity contribution in [2.75, 3.05) is 18.0 Å². The van der Waals surface area contributed by atoms with Crippen LogP contribution in [0, 0.1) is 0 Å². The molecule has 1 aliphatic rings. The number of carbonyl (C=O) groups is 1. The molecule has 0 spiro atoms. The number of nitrogens with zero attached hydrogens (tertiary/aromatic N) is 1. The first-order valence-corrected chi connectivity index (χ1v) is 8.04. The number of rotatable bonds is 5. The van der Waals surface area contributed by atoms with Crippen LogP contribution < -0.4 is 15.0 Å². The maximum atomic E-state index is 13.1. The number of anilines is 1. The monoisotopic (exact) mass is 320 g/mol. The van der Waals surface area contributed by atoms with Gasteiger partial charge in [-0.25, -0.2) is 0 Å². The van der Waals surface area contributed by atoms with Crippen LogP contribution in [0.2, 0.25) is 0 Å². The normalized spacial score (nSPS) is 14.5. The van der Waals surface area contributed by atoms with Crippen LogP contribution in [0.15, 0.2) is 84.3 Å². The van der Waals surface area contributed by atoms with E-state index in [0.717, 1.165) is 5.69 Å². The highest BCUT2D eigenvalue weighted by Gasteiger charge is 2.26. The van der Waals surface area contributed by atoms with Gasteiger partial charge in [0.25, 0.3) is 5.91 Å². The Kier molecular flexibility index (Phi) is 4.96. The number of nitrogens with one attached hydrogen (secondary N) is 1. The summed E-state index contributed by atoms with van der Waals surface area (Å²) in [5.74, 6) is 0.784. The average Bonchev–Trinajstić information content (AvgIpc) is 2.77. The van der Waals surface area contributed by atoms with Crippen LogP contribution in [0.4, 0.5) is 5.69 Å². The first kappa shape index (κ1) is 15.9. The maximum Gasteiger partial charge on any atom is 0.296 e. The van der Waals surface area contributed by atoms with E-state index >= 15 is 0 Å². The van der Waals surface area contributed by atoms with Crippen LogP contribution in [0.5, 0.6) is 5.75 Å². The van der Waals surface area contributed by atoms with Gasteiger partial charge in [0, 0.05) is 18.8 Å². The van der Waals surface area contributed by atoms with E-state index in [-0.39, 0.29) is 5.91 Å². The van der Waals surface area contributed by atoms with Crippen molar-refractivity contribution in [1.29, 1.82) is 0 Å². The van der Waals surface area contributed by atoms with E-state index in [1.165, 1.54) is 0 Å². The van der Waals surface area contributed by atoms with Crippen molar-refractivity contribution in [1.82, 2.24) is 5.32 Å². The van der Waals surface area contributed by atoms with E-state index < -0.39 is 0 Å². The van der Waals surface area contributed by atoms with E-state index in [0.29, 0.717) is 30.3 Å². The summed E-state index contributed by atoms with van der Waals surface area (Å²) in [6.07, 6.45) is 3.87. The molecule has 24 heavy (non-hydrogen) atoms. The summed E-state index contributed by atoms with van der Waals surface area (Å²) in [6.45, 7) is 3.20. The summed E-state index contributed by atoms with van der Waals surface area (Å²) in [6, 6.07) is 19.0. The highest BCUT2D eigenvalue weighted by Crippen LogP contribution is 2.23. The van der Waals surface area contributed by atoms with E-state index in [1.54, 1.807) is 4.90 Å². The molecular formula is C20H20N2O2. The summed E-state index contributed by atoms with van der Waals surface area (Å²) in [4.78, 5) is 14.8. The molecule has 4 heteroatoms. The quantitative estimate of drug-likeness (QED) is 0.917.